The van der Waals surface area contributed by atoms with Crippen LogP contribution in [0.1, 0.15) is 45.8 Å². The molecule has 0 spiro atoms. The van der Waals surface area contributed by atoms with E-state index in [-0.39, 0.29) is 28.6 Å². The Morgan fingerprint density at radius 3 is 2.73 bits per heavy atom. The van der Waals surface area contributed by atoms with Crippen molar-refractivity contribution in [2.45, 2.75) is 50.2 Å². The van der Waals surface area contributed by atoms with Gasteiger partial charge in [-0.1, -0.05) is 0 Å². The molecule has 0 fully saturated rings. The maximum Gasteiger partial charge on any atom is 0.433 e. The summed E-state index contributed by atoms with van der Waals surface area (Å²) in [6.45, 7) is 1.89. The third kappa shape index (κ3) is 3.41. The second-order valence-electron chi connectivity index (χ2n) is 7.20. The largest absolute Gasteiger partial charge is 0.477 e. The molecule has 1 atom stereocenters. The minimum absolute atomic E-state index is 0.0150. The summed E-state index contributed by atoms with van der Waals surface area (Å²) in [6, 6.07) is 0. The van der Waals surface area contributed by atoms with E-state index in [2.05, 4.69) is 15.4 Å². The van der Waals surface area contributed by atoms with Crippen molar-refractivity contribution in [3.05, 3.63) is 28.2 Å². The van der Waals surface area contributed by atoms with E-state index in [1.54, 1.807) is 0 Å². The number of hydrogen-bond donors (Lipinski definition) is 3. The van der Waals surface area contributed by atoms with Crippen LogP contribution in [0.5, 0.6) is 5.88 Å². The Labute approximate surface area is 169 Å². The molecule has 162 valence electrons. The van der Waals surface area contributed by atoms with Gasteiger partial charge in [0.05, 0.1) is 12.3 Å². The molecule has 4 N–H and O–H groups in total. The number of alkyl halides is 3. The quantitative estimate of drug-likeness (QED) is 0.668. The number of fused-ring (bicyclic) bond motifs is 2. The van der Waals surface area contributed by atoms with Crippen LogP contribution in [0.25, 0.3) is 0 Å². The summed E-state index contributed by atoms with van der Waals surface area (Å²) in [7, 11) is -3.88. The van der Waals surface area contributed by atoms with Gasteiger partial charge in [0.25, 0.3) is 5.91 Å². The Morgan fingerprint density at radius 1 is 1.33 bits per heavy atom. The first kappa shape index (κ1) is 20.6. The normalized spacial score (nSPS) is 17.6. The number of ether oxygens (including phenoxy) is 1. The van der Waals surface area contributed by atoms with Crippen LogP contribution in [0, 0.1) is 11.7 Å². The number of nitrogens with two attached hydrogens (primary N) is 1. The Hall–Kier alpha value is -2.67. The molecule has 2 aliphatic rings. The van der Waals surface area contributed by atoms with Gasteiger partial charge in [-0.15, -0.1) is 0 Å². The van der Waals surface area contributed by atoms with E-state index < -0.39 is 33.4 Å². The summed E-state index contributed by atoms with van der Waals surface area (Å²) < 4.78 is 67.1. The molecule has 4 rings (SSSR count). The third-order valence-corrected chi connectivity index (χ3v) is 6.08. The van der Waals surface area contributed by atoms with Crippen molar-refractivity contribution in [3.8, 4) is 5.88 Å². The van der Waals surface area contributed by atoms with Gasteiger partial charge in [-0.3, -0.25) is 4.79 Å². The fourth-order valence-electron chi connectivity index (χ4n) is 3.83. The number of carbonyl (C=O) groups excluding carboxylic acids is 1. The lowest BCUT2D eigenvalue weighted by Gasteiger charge is -2.18. The van der Waals surface area contributed by atoms with Gasteiger partial charge in [-0.25, -0.2) is 23.8 Å². The molecule has 9 nitrogen and oxygen atoms in total. The molecule has 2 aromatic heterocycles. The second-order valence-corrected chi connectivity index (χ2v) is 8.81. The lowest BCUT2D eigenvalue weighted by Crippen LogP contribution is -2.22. The van der Waals surface area contributed by atoms with Gasteiger partial charge in [-0.2, -0.15) is 18.3 Å². The highest BCUT2D eigenvalue weighted by molar-refractivity contribution is 7.90. The predicted octanol–water partition coefficient (Wildman–Crippen LogP) is 2.41. The molecule has 0 bridgehead atoms. The first-order chi connectivity index (χ1) is 14.0. The number of carbonyl (C=O) groups is 1. The van der Waals surface area contributed by atoms with Crippen molar-refractivity contribution in [1.82, 2.24) is 14.8 Å². The molecule has 1 aliphatic carbocycles. The SMILES string of the molecule is Cc1c(C(F)(F)F)nc2c(c1NC(=O)c1nn3c(c1S(=N)(N)=O)OCCC3)CCC2. The summed E-state index contributed by atoms with van der Waals surface area (Å²) in [6.07, 6.45) is -2.63. The number of rotatable bonds is 3. The standard InChI is InChI=1S/C17H19F3N6O3S/c1-8-11(9-4-2-5-10(9)23-14(8)17(18,19)20)24-15(27)12-13(30(21,22)28)16-26(25-12)6-3-7-29-16/h2-7H2,1H3,(H3,21,22,28)(H,23,24,27). The third-order valence-electron chi connectivity index (χ3n) is 5.11. The summed E-state index contributed by atoms with van der Waals surface area (Å²) >= 11 is 0. The number of amides is 1. The Bertz CT molecular complexity index is 1160. The fourth-order valence-corrected chi connectivity index (χ4v) is 4.67. The number of aryl methyl sites for hydroxylation is 2. The lowest BCUT2D eigenvalue weighted by atomic mass is 10.0. The summed E-state index contributed by atoms with van der Waals surface area (Å²) in [5, 5.41) is 12.0. The van der Waals surface area contributed by atoms with Crippen LogP contribution < -0.4 is 15.2 Å². The smallest absolute Gasteiger partial charge is 0.433 e. The van der Waals surface area contributed by atoms with Gasteiger partial charge < -0.3 is 10.1 Å². The van der Waals surface area contributed by atoms with Crippen molar-refractivity contribution in [3.63, 3.8) is 0 Å². The number of nitrogens with zero attached hydrogens (tertiary/aromatic N) is 3. The van der Waals surface area contributed by atoms with E-state index in [4.69, 9.17) is 14.7 Å². The highest BCUT2D eigenvalue weighted by Gasteiger charge is 2.38. The first-order valence-electron chi connectivity index (χ1n) is 9.19. The number of pyridine rings is 1. The minimum Gasteiger partial charge on any atom is -0.477 e. The average molecular weight is 444 g/mol. The molecule has 0 saturated carbocycles. The zero-order valence-corrected chi connectivity index (χ0v) is 16.7. The van der Waals surface area contributed by atoms with Gasteiger partial charge in [0.2, 0.25) is 5.88 Å². The van der Waals surface area contributed by atoms with E-state index in [0.717, 1.165) is 0 Å². The molecule has 1 amide bonds. The highest BCUT2D eigenvalue weighted by atomic mass is 32.2. The van der Waals surface area contributed by atoms with Gasteiger partial charge in [0, 0.05) is 24.2 Å². The topological polar surface area (TPSA) is 136 Å². The average Bonchev–Trinajstić information content (AvgIpc) is 3.26. The molecule has 1 aliphatic heterocycles. The van der Waals surface area contributed by atoms with Crippen molar-refractivity contribution in [1.29, 1.82) is 4.78 Å². The van der Waals surface area contributed by atoms with Crippen LogP contribution >= 0.6 is 0 Å². The number of aromatic nitrogens is 3. The van der Waals surface area contributed by atoms with Crippen LogP contribution in [-0.4, -0.2) is 31.5 Å². The Balaban J connectivity index is 1.81. The van der Waals surface area contributed by atoms with Crippen molar-refractivity contribution in [2.75, 3.05) is 11.9 Å². The van der Waals surface area contributed by atoms with Crippen molar-refractivity contribution in [2.24, 2.45) is 5.14 Å². The van der Waals surface area contributed by atoms with E-state index in [1.807, 2.05) is 0 Å². The molecular weight excluding hydrogens is 425 g/mol. The van der Waals surface area contributed by atoms with Crippen molar-refractivity contribution < 1.29 is 26.9 Å². The molecular formula is C17H19F3N6O3S. The van der Waals surface area contributed by atoms with Gasteiger partial charge >= 0.3 is 6.18 Å². The van der Waals surface area contributed by atoms with Gasteiger partial charge in [-0.05, 0) is 31.7 Å². The number of anilines is 1. The lowest BCUT2D eigenvalue weighted by molar-refractivity contribution is -0.141. The maximum atomic E-state index is 13.4. The van der Waals surface area contributed by atoms with Crippen LogP contribution in [0.2, 0.25) is 0 Å². The summed E-state index contributed by atoms with van der Waals surface area (Å²) in [5.74, 6) is -0.931. The van der Waals surface area contributed by atoms with Gasteiger partial charge in [0.1, 0.15) is 15.6 Å². The van der Waals surface area contributed by atoms with Gasteiger partial charge in [0.15, 0.2) is 10.6 Å². The molecule has 1 unspecified atom stereocenters. The second kappa shape index (κ2) is 6.94. The van der Waals surface area contributed by atoms with Crippen LogP contribution in [-0.2, 0) is 35.5 Å². The summed E-state index contributed by atoms with van der Waals surface area (Å²) in [5.41, 5.74) is -0.826. The monoisotopic (exact) mass is 444 g/mol. The number of nitrogens with one attached hydrogen (secondary N) is 2. The Kier molecular flexibility index (Phi) is 4.77. The van der Waals surface area contributed by atoms with Crippen LogP contribution in [0.4, 0.5) is 18.9 Å². The van der Waals surface area contributed by atoms with Crippen LogP contribution in [0.15, 0.2) is 4.90 Å². The molecule has 30 heavy (non-hydrogen) atoms. The zero-order valence-electron chi connectivity index (χ0n) is 15.9. The van der Waals surface area contributed by atoms with E-state index in [0.29, 0.717) is 43.5 Å². The fraction of sp³-hybridized carbons (Fsp3) is 0.471. The number of halogens is 3. The van der Waals surface area contributed by atoms with E-state index >= 15 is 0 Å². The molecule has 3 heterocycles. The zero-order chi connectivity index (χ0) is 21.8. The predicted molar refractivity (Wildman–Crippen MR) is 99.6 cm³/mol. The van der Waals surface area contributed by atoms with E-state index in [9.17, 15) is 22.2 Å². The van der Waals surface area contributed by atoms with Crippen molar-refractivity contribution >= 4 is 21.5 Å². The first-order valence-corrected chi connectivity index (χ1v) is 10.8. The summed E-state index contributed by atoms with van der Waals surface area (Å²) in [4.78, 5) is 16.4. The van der Waals surface area contributed by atoms with Crippen LogP contribution in [0.3, 0.4) is 0 Å². The molecule has 13 heteroatoms. The molecule has 0 aromatic carbocycles. The Morgan fingerprint density at radius 2 is 2.07 bits per heavy atom. The molecule has 2 aromatic rings. The molecule has 0 saturated heterocycles. The van der Waals surface area contributed by atoms with E-state index in [1.165, 1.54) is 11.6 Å². The number of hydrogen-bond acceptors (Lipinski definition) is 6. The minimum atomic E-state index is -4.68. The highest BCUT2D eigenvalue weighted by Crippen LogP contribution is 2.39. The molecule has 0 radical (unpaired) electrons. The maximum absolute atomic E-state index is 13.4.